The largest absolute Gasteiger partial charge is 0.481 e. The third-order valence-electron chi connectivity index (χ3n) is 9.42. The maximum absolute atomic E-state index is 12.6. The number of aliphatic hydroxyl groups is 2. The number of aliphatic carboxylic acids is 1. The number of nitrogens with two attached hydrogens (primary N) is 1. The minimum absolute atomic E-state index is 0.0699. The highest BCUT2D eigenvalue weighted by Crippen LogP contribution is 2.33. The summed E-state index contributed by atoms with van der Waals surface area (Å²) in [5, 5.41) is 29.2. The average Bonchev–Trinajstić information content (AvgIpc) is 3.23. The summed E-state index contributed by atoms with van der Waals surface area (Å²) in [5.74, 6) is 0.395. The molecule has 8 N–H and O–H groups in total. The molecule has 0 radical (unpaired) electrons. The predicted molar refractivity (Wildman–Crippen MR) is 237 cm³/mol. The quantitative estimate of drug-likeness (QED) is 0.0422. The third-order valence-corrected chi connectivity index (χ3v) is 12.6. The molecule has 4 atom stereocenters. The number of nitrogens with one attached hydrogen (secondary N) is 3. The van der Waals surface area contributed by atoms with E-state index in [1.165, 1.54) is 62.4 Å². The van der Waals surface area contributed by atoms with Gasteiger partial charge in [-0.15, -0.1) is 0 Å². The van der Waals surface area contributed by atoms with E-state index >= 15 is 0 Å². The number of nitrogens with zero attached hydrogens (tertiary/aromatic N) is 2. The molecule has 0 saturated carbocycles. The summed E-state index contributed by atoms with van der Waals surface area (Å²) < 4.78 is 45.1. The van der Waals surface area contributed by atoms with Crippen molar-refractivity contribution in [2.75, 3.05) is 12.5 Å². The molecule has 0 heterocycles. The van der Waals surface area contributed by atoms with Gasteiger partial charge in [-0.3, -0.25) is 35.5 Å². The van der Waals surface area contributed by atoms with Gasteiger partial charge in [0.2, 0.25) is 17.3 Å². The Morgan fingerprint density at radius 2 is 1.02 bits per heavy atom. The van der Waals surface area contributed by atoms with Crippen LogP contribution >= 0.6 is 23.2 Å². The number of carboxylic acids is 1. The number of hydrazine groups is 2. The van der Waals surface area contributed by atoms with Crippen LogP contribution in [0.15, 0.2) is 82.6 Å². The molecule has 0 aliphatic rings. The Hall–Kier alpha value is -5.90. The van der Waals surface area contributed by atoms with Crippen molar-refractivity contribution in [1.29, 1.82) is 0 Å². The van der Waals surface area contributed by atoms with Crippen molar-refractivity contribution in [2.24, 2.45) is 17.7 Å². The van der Waals surface area contributed by atoms with Gasteiger partial charge in [-0.25, -0.2) is 32.4 Å². The lowest BCUT2D eigenvalue weighted by molar-refractivity contribution is -0.145. The lowest BCUT2D eigenvalue weighted by atomic mass is 9.91. The average molecular weight is 946 g/mol. The standard InChI is InChI=1S/C21H22ClN3O5S.C13H14ClNO3.C8H10N2O3S/c1-12-15(7-10-18(23-3)19(12)22)11-17(13(2)26)21(28)25-24-20(27)14-5-8-16(9-6-14)31(4,29)30;1-7-9(4-5-11(15-3)12(7)14)6-10(8(2)16)13(17)18;1-14(12,13)7-4-2-6(3-5-7)8(11)10-9/h5-10,13,17,26H,11H2,1-2,4H3,(H,24,27)(H,25,28);4-5,8,10,16H,6H2,1-2H3,(H,17,18);2-5H,9H2,1H3,(H,10,11)/t13-,17-;8-,10-;/m11./s1. The van der Waals surface area contributed by atoms with Gasteiger partial charge in [0.15, 0.2) is 19.7 Å². The molecule has 0 saturated heterocycles. The smallest absolute Gasteiger partial charge is 0.309 e. The SMILES string of the molecule is CS(=O)(=O)c1ccc(C(=O)NN)cc1.[C-]#[N+]c1ccc(C[C@@H](C(=O)NNC(=O)c2ccc(S(C)(=O)=O)cc2)[C@@H](C)O)c(C)c1Cl.[C-]#[N+]c1ccc(C[C@@H](C(=O)O)[C@@H](C)O)c(C)c1Cl. The second-order valence-corrected chi connectivity index (χ2v) is 18.8. The third kappa shape index (κ3) is 15.4. The molecule has 21 heteroatoms. The zero-order valence-corrected chi connectivity index (χ0v) is 37.9. The summed E-state index contributed by atoms with van der Waals surface area (Å²) in [5.41, 5.74) is 10.4. The van der Waals surface area contributed by atoms with Gasteiger partial charge in [0.1, 0.15) is 0 Å². The molecule has 0 unspecified atom stereocenters. The molecule has 4 aromatic rings. The van der Waals surface area contributed by atoms with Crippen molar-refractivity contribution in [3.63, 3.8) is 0 Å². The second-order valence-electron chi connectivity index (χ2n) is 14.0. The van der Waals surface area contributed by atoms with Crippen LogP contribution in [-0.2, 0) is 42.1 Å². The lowest BCUT2D eigenvalue weighted by Gasteiger charge is -2.21. The highest BCUT2D eigenvalue weighted by molar-refractivity contribution is 7.91. The minimum atomic E-state index is -3.39. The number of sulfone groups is 2. The van der Waals surface area contributed by atoms with Gasteiger partial charge in [0.05, 0.1) is 57.0 Å². The van der Waals surface area contributed by atoms with Gasteiger partial charge >= 0.3 is 5.97 Å². The number of hydrogen-bond donors (Lipinski definition) is 7. The number of halogens is 2. The van der Waals surface area contributed by atoms with Crippen LogP contribution in [0.2, 0.25) is 10.0 Å². The van der Waals surface area contributed by atoms with Crippen molar-refractivity contribution in [3.05, 3.63) is 139 Å². The number of carbonyl (C=O) groups is 4. The monoisotopic (exact) mass is 944 g/mol. The Kier molecular flexibility index (Phi) is 19.9. The summed E-state index contributed by atoms with van der Waals surface area (Å²) >= 11 is 12.2. The number of amides is 3. The summed E-state index contributed by atoms with van der Waals surface area (Å²) in [4.78, 5) is 53.7. The van der Waals surface area contributed by atoms with E-state index in [4.69, 9.17) is 47.3 Å². The van der Waals surface area contributed by atoms with E-state index < -0.39 is 67.4 Å². The number of hydrogen-bond acceptors (Lipinski definition) is 11. The molecule has 63 heavy (non-hydrogen) atoms. The molecule has 336 valence electrons. The summed E-state index contributed by atoms with van der Waals surface area (Å²) in [6.45, 7) is 20.4. The van der Waals surface area contributed by atoms with Crippen LogP contribution in [0.3, 0.4) is 0 Å². The van der Waals surface area contributed by atoms with Crippen LogP contribution in [0.5, 0.6) is 0 Å². The van der Waals surface area contributed by atoms with Crippen molar-refractivity contribution in [3.8, 4) is 0 Å². The maximum Gasteiger partial charge on any atom is 0.309 e. The Balaban J connectivity index is 0.000000360. The molecule has 0 aliphatic carbocycles. The van der Waals surface area contributed by atoms with Gasteiger partial charge < -0.3 is 15.3 Å². The van der Waals surface area contributed by atoms with Crippen LogP contribution in [-0.4, -0.2) is 80.6 Å². The van der Waals surface area contributed by atoms with Gasteiger partial charge in [-0.2, -0.15) is 0 Å². The van der Waals surface area contributed by atoms with Crippen LogP contribution in [0.1, 0.15) is 56.8 Å². The van der Waals surface area contributed by atoms with Crippen molar-refractivity contribution in [1.82, 2.24) is 16.3 Å². The molecule has 3 amide bonds. The summed E-state index contributed by atoms with van der Waals surface area (Å²) in [7, 11) is -6.60. The Morgan fingerprint density at radius 1 is 0.651 bits per heavy atom. The first kappa shape index (κ1) is 53.2. The van der Waals surface area contributed by atoms with Crippen molar-refractivity contribution >= 4 is 77.9 Å². The molecule has 0 fully saturated rings. The van der Waals surface area contributed by atoms with E-state index in [0.29, 0.717) is 43.7 Å². The predicted octanol–water partition coefficient (Wildman–Crippen LogP) is 5.12. The van der Waals surface area contributed by atoms with E-state index in [2.05, 4.69) is 20.5 Å². The van der Waals surface area contributed by atoms with E-state index in [9.17, 15) is 46.2 Å². The van der Waals surface area contributed by atoms with Gasteiger partial charge in [-0.05, 0) is 111 Å². The first-order chi connectivity index (χ1) is 29.3. The van der Waals surface area contributed by atoms with Gasteiger partial charge in [0.25, 0.3) is 11.8 Å². The normalized spacial score (nSPS) is 12.8. The molecule has 0 bridgehead atoms. The van der Waals surface area contributed by atoms with E-state index in [1.807, 2.05) is 5.43 Å². The van der Waals surface area contributed by atoms with Gasteiger partial charge in [0, 0.05) is 23.6 Å². The molecule has 0 aromatic heterocycles. The Bertz CT molecular complexity index is 2630. The van der Waals surface area contributed by atoms with Crippen LogP contribution in [0.4, 0.5) is 11.4 Å². The zero-order chi connectivity index (χ0) is 48.0. The summed E-state index contributed by atoms with van der Waals surface area (Å²) in [6, 6.07) is 17.3. The van der Waals surface area contributed by atoms with Crippen LogP contribution in [0, 0.1) is 38.8 Å². The van der Waals surface area contributed by atoms with Crippen LogP contribution in [0.25, 0.3) is 9.69 Å². The first-order valence-corrected chi connectivity index (χ1v) is 22.9. The van der Waals surface area contributed by atoms with Crippen molar-refractivity contribution < 1.29 is 51.3 Å². The highest BCUT2D eigenvalue weighted by Gasteiger charge is 2.27. The number of carboxylic acid groups (broad SMARTS) is 1. The fraction of sp³-hybridized carbons (Fsp3) is 0.286. The lowest BCUT2D eigenvalue weighted by Crippen LogP contribution is -2.47. The molecule has 4 rings (SSSR count). The van der Waals surface area contributed by atoms with E-state index in [1.54, 1.807) is 38.1 Å². The molecular weight excluding hydrogens is 900 g/mol. The van der Waals surface area contributed by atoms with Crippen molar-refractivity contribution in [2.45, 2.75) is 62.5 Å². The Morgan fingerprint density at radius 3 is 1.33 bits per heavy atom. The molecule has 4 aromatic carbocycles. The highest BCUT2D eigenvalue weighted by atomic mass is 35.5. The van der Waals surface area contributed by atoms with E-state index in [0.717, 1.165) is 18.1 Å². The fourth-order valence-electron chi connectivity index (χ4n) is 5.53. The van der Waals surface area contributed by atoms with Crippen LogP contribution < -0.4 is 22.1 Å². The maximum atomic E-state index is 12.6. The molecule has 17 nitrogen and oxygen atoms in total. The second kappa shape index (κ2) is 23.5. The van der Waals surface area contributed by atoms with E-state index in [-0.39, 0.29) is 28.2 Å². The molecule has 0 spiro atoms. The number of nitrogen functional groups attached to an aromatic ring is 1. The number of aliphatic hydroxyl groups excluding tert-OH is 2. The first-order valence-electron chi connectivity index (χ1n) is 18.4. The molecular formula is C42H46Cl2N6O11S2. The zero-order valence-electron chi connectivity index (χ0n) is 34.8. The fourth-order valence-corrected chi connectivity index (χ4v) is 7.24. The van der Waals surface area contributed by atoms with Gasteiger partial charge in [-0.1, -0.05) is 47.5 Å². The summed E-state index contributed by atoms with van der Waals surface area (Å²) in [6.07, 6.45) is 0.530. The topological polar surface area (TPSA) is 268 Å². The minimum Gasteiger partial charge on any atom is -0.481 e. The number of rotatable bonds is 12. The Labute approximate surface area is 375 Å². The number of carbonyl (C=O) groups excluding carboxylic acids is 3. The molecule has 0 aliphatic heterocycles. The number of benzene rings is 4.